The van der Waals surface area contributed by atoms with Gasteiger partial charge in [0.15, 0.2) is 10.1 Å². The molecule has 3 rings (SSSR count). The van der Waals surface area contributed by atoms with Gasteiger partial charge in [0.2, 0.25) is 5.13 Å². The van der Waals surface area contributed by atoms with E-state index >= 15 is 0 Å². The minimum atomic E-state index is 0.0821. The van der Waals surface area contributed by atoms with Crippen molar-refractivity contribution in [1.29, 1.82) is 0 Å². The van der Waals surface area contributed by atoms with Gasteiger partial charge in [-0.1, -0.05) is 77.7 Å². The van der Waals surface area contributed by atoms with Crippen molar-refractivity contribution in [2.45, 2.75) is 4.34 Å². The van der Waals surface area contributed by atoms with E-state index in [0.717, 1.165) is 20.6 Å². The van der Waals surface area contributed by atoms with Gasteiger partial charge in [-0.15, -0.1) is 10.2 Å². The summed E-state index contributed by atoms with van der Waals surface area (Å²) in [6.45, 7) is 1.29. The predicted octanol–water partition coefficient (Wildman–Crippen LogP) is 4.24. The van der Waals surface area contributed by atoms with Gasteiger partial charge in [0.05, 0.1) is 12.4 Å². The SMILES string of the molecule is COCCNc1nnc(SCC(=O)c2ccc(-c3ccccc3)cc2)s1. The minimum absolute atomic E-state index is 0.0821. The number of anilines is 1. The Kier molecular flexibility index (Phi) is 6.76. The summed E-state index contributed by atoms with van der Waals surface area (Å²) in [6, 6.07) is 17.8. The van der Waals surface area contributed by atoms with Crippen LogP contribution in [-0.2, 0) is 4.74 Å². The number of rotatable bonds is 9. The molecule has 0 saturated heterocycles. The zero-order valence-corrected chi connectivity index (χ0v) is 16.0. The highest BCUT2D eigenvalue weighted by atomic mass is 32.2. The molecule has 1 aromatic heterocycles. The van der Waals surface area contributed by atoms with Gasteiger partial charge < -0.3 is 10.1 Å². The lowest BCUT2D eigenvalue weighted by molar-refractivity contribution is 0.102. The van der Waals surface area contributed by atoms with E-state index in [0.29, 0.717) is 24.5 Å². The number of nitrogens with zero attached hydrogens (tertiary/aromatic N) is 2. The molecule has 0 saturated carbocycles. The van der Waals surface area contributed by atoms with E-state index < -0.39 is 0 Å². The number of hydrogen-bond acceptors (Lipinski definition) is 7. The van der Waals surface area contributed by atoms with Gasteiger partial charge in [-0.05, 0) is 11.1 Å². The van der Waals surface area contributed by atoms with Crippen molar-refractivity contribution in [2.75, 3.05) is 31.3 Å². The Morgan fingerprint density at radius 3 is 2.54 bits per heavy atom. The number of carbonyl (C=O) groups excluding carboxylic acids is 1. The fourth-order valence-electron chi connectivity index (χ4n) is 2.29. The van der Waals surface area contributed by atoms with E-state index in [9.17, 15) is 4.79 Å². The molecule has 1 heterocycles. The second-order valence-electron chi connectivity index (χ2n) is 5.45. The molecule has 1 N–H and O–H groups in total. The molecule has 0 radical (unpaired) electrons. The maximum Gasteiger partial charge on any atom is 0.206 e. The summed E-state index contributed by atoms with van der Waals surface area (Å²) < 4.78 is 5.76. The average Bonchev–Trinajstić information content (AvgIpc) is 3.15. The van der Waals surface area contributed by atoms with Gasteiger partial charge in [-0.3, -0.25) is 4.79 Å². The third kappa shape index (κ3) is 5.14. The van der Waals surface area contributed by atoms with Gasteiger partial charge in [0.1, 0.15) is 0 Å². The summed E-state index contributed by atoms with van der Waals surface area (Å²) >= 11 is 2.85. The molecular weight excluding hydrogens is 366 g/mol. The summed E-state index contributed by atoms with van der Waals surface area (Å²) in [5, 5.41) is 12.0. The summed E-state index contributed by atoms with van der Waals surface area (Å²) in [5.41, 5.74) is 2.95. The molecule has 0 unspecified atom stereocenters. The Labute approximate surface area is 160 Å². The normalized spacial score (nSPS) is 10.7. The third-order valence-corrected chi connectivity index (χ3v) is 5.64. The van der Waals surface area contributed by atoms with Crippen LogP contribution in [0.1, 0.15) is 10.4 Å². The lowest BCUT2D eigenvalue weighted by Crippen LogP contribution is -2.06. The maximum atomic E-state index is 12.4. The Balaban J connectivity index is 1.53. The predicted molar refractivity (Wildman–Crippen MR) is 107 cm³/mol. The molecule has 0 bridgehead atoms. The molecule has 26 heavy (non-hydrogen) atoms. The van der Waals surface area contributed by atoms with Gasteiger partial charge in [-0.25, -0.2) is 0 Å². The third-order valence-electron chi connectivity index (χ3n) is 3.63. The van der Waals surface area contributed by atoms with E-state index in [4.69, 9.17) is 4.74 Å². The van der Waals surface area contributed by atoms with Crippen LogP contribution in [0.3, 0.4) is 0 Å². The van der Waals surface area contributed by atoms with Crippen LogP contribution in [0.25, 0.3) is 11.1 Å². The van der Waals surface area contributed by atoms with Gasteiger partial charge in [-0.2, -0.15) is 0 Å². The first-order chi connectivity index (χ1) is 12.8. The van der Waals surface area contributed by atoms with Crippen LogP contribution in [0.2, 0.25) is 0 Å². The van der Waals surface area contributed by atoms with E-state index in [1.807, 2.05) is 42.5 Å². The van der Waals surface area contributed by atoms with Crippen LogP contribution in [-0.4, -0.2) is 42.0 Å². The lowest BCUT2D eigenvalue weighted by Gasteiger charge is -2.03. The van der Waals surface area contributed by atoms with Crippen LogP contribution in [0, 0.1) is 0 Å². The quantitative estimate of drug-likeness (QED) is 0.338. The van der Waals surface area contributed by atoms with Crippen molar-refractivity contribution in [3.8, 4) is 11.1 Å². The van der Waals surface area contributed by atoms with Crippen molar-refractivity contribution >= 4 is 34.0 Å². The minimum Gasteiger partial charge on any atom is -0.383 e. The highest BCUT2D eigenvalue weighted by Gasteiger charge is 2.10. The fourth-order valence-corrected chi connectivity index (χ4v) is 3.96. The van der Waals surface area contributed by atoms with Crippen molar-refractivity contribution < 1.29 is 9.53 Å². The number of thioether (sulfide) groups is 1. The van der Waals surface area contributed by atoms with Gasteiger partial charge >= 0.3 is 0 Å². The topological polar surface area (TPSA) is 64.1 Å². The smallest absolute Gasteiger partial charge is 0.206 e. The van der Waals surface area contributed by atoms with Crippen LogP contribution < -0.4 is 5.32 Å². The first-order valence-corrected chi connectivity index (χ1v) is 9.94. The molecule has 134 valence electrons. The summed E-state index contributed by atoms with van der Waals surface area (Å²) in [5.74, 6) is 0.427. The summed E-state index contributed by atoms with van der Waals surface area (Å²) in [6.07, 6.45) is 0. The first kappa shape index (κ1) is 18.6. The molecule has 0 atom stereocenters. The molecule has 3 aromatic rings. The molecule has 0 spiro atoms. The highest BCUT2D eigenvalue weighted by Crippen LogP contribution is 2.26. The van der Waals surface area contributed by atoms with E-state index in [-0.39, 0.29) is 5.78 Å². The number of hydrogen-bond donors (Lipinski definition) is 1. The number of Topliss-reactive ketones (excluding diaryl/α,β-unsaturated/α-hetero) is 1. The Morgan fingerprint density at radius 2 is 1.81 bits per heavy atom. The Hall–Kier alpha value is -2.22. The van der Waals surface area contributed by atoms with Crippen LogP contribution in [0.15, 0.2) is 58.9 Å². The first-order valence-electron chi connectivity index (χ1n) is 8.14. The Bertz CT molecular complexity index is 836. The van der Waals surface area contributed by atoms with Crippen molar-refractivity contribution in [1.82, 2.24) is 10.2 Å². The number of nitrogens with one attached hydrogen (secondary N) is 1. The van der Waals surface area contributed by atoms with Crippen molar-refractivity contribution in [2.24, 2.45) is 0 Å². The largest absolute Gasteiger partial charge is 0.383 e. The molecule has 2 aromatic carbocycles. The molecule has 7 heteroatoms. The zero-order chi connectivity index (χ0) is 18.2. The number of ketones is 1. The average molecular weight is 386 g/mol. The van der Waals surface area contributed by atoms with Crippen LogP contribution in [0.5, 0.6) is 0 Å². The number of aromatic nitrogens is 2. The van der Waals surface area contributed by atoms with Gasteiger partial charge in [0.25, 0.3) is 0 Å². The standard InChI is InChI=1S/C19H19N3O2S2/c1-24-12-11-20-18-21-22-19(26-18)25-13-17(23)16-9-7-15(8-10-16)14-5-3-2-4-6-14/h2-10H,11-13H2,1H3,(H,20,21). The van der Waals surface area contributed by atoms with Crippen LogP contribution >= 0.6 is 23.1 Å². The molecule has 0 aliphatic rings. The Morgan fingerprint density at radius 1 is 1.08 bits per heavy atom. The number of carbonyl (C=O) groups is 1. The van der Waals surface area contributed by atoms with E-state index in [1.165, 1.54) is 23.1 Å². The maximum absolute atomic E-state index is 12.4. The summed E-state index contributed by atoms with van der Waals surface area (Å²) in [7, 11) is 1.65. The molecule has 0 fully saturated rings. The monoisotopic (exact) mass is 385 g/mol. The fraction of sp³-hybridized carbons (Fsp3) is 0.211. The molecule has 0 aliphatic carbocycles. The second kappa shape index (κ2) is 9.47. The molecular formula is C19H19N3O2S2. The van der Waals surface area contributed by atoms with E-state index in [2.05, 4.69) is 27.6 Å². The molecule has 0 aliphatic heterocycles. The van der Waals surface area contributed by atoms with E-state index in [1.54, 1.807) is 7.11 Å². The van der Waals surface area contributed by atoms with Gasteiger partial charge in [0, 0.05) is 19.2 Å². The number of benzene rings is 2. The second-order valence-corrected chi connectivity index (χ2v) is 7.65. The van der Waals surface area contributed by atoms with Crippen molar-refractivity contribution in [3.63, 3.8) is 0 Å². The number of methoxy groups -OCH3 is 1. The zero-order valence-electron chi connectivity index (χ0n) is 14.3. The van der Waals surface area contributed by atoms with Crippen LogP contribution in [0.4, 0.5) is 5.13 Å². The molecule has 5 nitrogen and oxygen atoms in total. The number of ether oxygens (including phenoxy) is 1. The molecule has 0 amide bonds. The summed E-state index contributed by atoms with van der Waals surface area (Å²) in [4.78, 5) is 12.4. The highest BCUT2D eigenvalue weighted by molar-refractivity contribution is 8.01. The van der Waals surface area contributed by atoms with Crippen molar-refractivity contribution in [3.05, 3.63) is 60.2 Å². The lowest BCUT2D eigenvalue weighted by atomic mass is 10.0.